The lowest BCUT2D eigenvalue weighted by Gasteiger charge is -2.32. The van der Waals surface area contributed by atoms with E-state index in [1.807, 2.05) is 44.2 Å². The number of hydrogen-bond acceptors (Lipinski definition) is 4. The van der Waals surface area contributed by atoms with Crippen LogP contribution in [0.3, 0.4) is 0 Å². The maximum absolute atomic E-state index is 13.1. The lowest BCUT2D eigenvalue weighted by Crippen LogP contribution is -2.54. The first kappa shape index (κ1) is 21.9. The number of nitrogens with zero attached hydrogens (tertiary/aromatic N) is 2. The molecule has 2 amide bonds. The number of aliphatic carboxylic acids is 1. The van der Waals surface area contributed by atoms with E-state index in [-0.39, 0.29) is 24.2 Å². The van der Waals surface area contributed by atoms with Crippen molar-refractivity contribution >= 4 is 17.8 Å². The van der Waals surface area contributed by atoms with E-state index in [4.69, 9.17) is 5.73 Å². The van der Waals surface area contributed by atoms with Gasteiger partial charge < -0.3 is 20.6 Å². The van der Waals surface area contributed by atoms with Crippen molar-refractivity contribution in [1.29, 1.82) is 0 Å². The monoisotopic (exact) mass is 389 g/mol. The third-order valence-corrected chi connectivity index (χ3v) is 5.24. The SMILES string of the molecule is CC(C)C[C@H](N)C(=O)N1CCC[C@H]1C(=O)N(C)[C@@H](Cc1ccccc1)C(=O)O. The number of nitrogens with two attached hydrogens (primary N) is 1. The number of benzene rings is 1. The first-order chi connectivity index (χ1) is 13.2. The molecule has 1 aliphatic rings. The molecule has 0 aromatic heterocycles. The van der Waals surface area contributed by atoms with Crippen LogP contribution in [0.1, 0.15) is 38.7 Å². The predicted molar refractivity (Wildman–Crippen MR) is 107 cm³/mol. The molecule has 3 N–H and O–H groups in total. The van der Waals surface area contributed by atoms with Crippen molar-refractivity contribution in [3.05, 3.63) is 35.9 Å². The normalized spacial score (nSPS) is 18.8. The van der Waals surface area contributed by atoms with Gasteiger partial charge in [-0.15, -0.1) is 0 Å². The fourth-order valence-corrected chi connectivity index (χ4v) is 3.72. The minimum Gasteiger partial charge on any atom is -0.480 e. The number of carbonyl (C=O) groups excluding carboxylic acids is 2. The third-order valence-electron chi connectivity index (χ3n) is 5.24. The van der Waals surface area contributed by atoms with Gasteiger partial charge in [-0.25, -0.2) is 4.79 Å². The average molecular weight is 389 g/mol. The Bertz CT molecular complexity index is 692. The van der Waals surface area contributed by atoms with Crippen molar-refractivity contribution in [2.75, 3.05) is 13.6 Å². The topological polar surface area (TPSA) is 104 Å². The van der Waals surface area contributed by atoms with Crippen LogP contribution in [-0.4, -0.2) is 64.4 Å². The summed E-state index contributed by atoms with van der Waals surface area (Å²) in [6.45, 7) is 4.47. The second-order valence-corrected chi connectivity index (χ2v) is 7.92. The van der Waals surface area contributed by atoms with Gasteiger partial charge in [0.1, 0.15) is 12.1 Å². The molecule has 0 spiro atoms. The maximum atomic E-state index is 13.1. The Morgan fingerprint density at radius 3 is 2.46 bits per heavy atom. The Kier molecular flexibility index (Phi) is 7.57. The summed E-state index contributed by atoms with van der Waals surface area (Å²) in [5.74, 6) is -1.36. The van der Waals surface area contributed by atoms with Gasteiger partial charge in [0.15, 0.2) is 0 Å². The molecular weight excluding hydrogens is 358 g/mol. The Balaban J connectivity index is 2.12. The number of amides is 2. The van der Waals surface area contributed by atoms with Crippen molar-refractivity contribution in [1.82, 2.24) is 9.80 Å². The summed E-state index contributed by atoms with van der Waals surface area (Å²) in [4.78, 5) is 40.4. The van der Waals surface area contributed by atoms with Gasteiger partial charge in [0.2, 0.25) is 11.8 Å². The molecule has 0 aliphatic carbocycles. The smallest absolute Gasteiger partial charge is 0.326 e. The van der Waals surface area contributed by atoms with Crippen molar-refractivity contribution < 1.29 is 19.5 Å². The number of likely N-dealkylation sites (N-methyl/N-ethyl adjacent to an activating group) is 1. The Morgan fingerprint density at radius 1 is 1.25 bits per heavy atom. The molecule has 1 heterocycles. The van der Waals surface area contributed by atoms with E-state index in [1.54, 1.807) is 0 Å². The highest BCUT2D eigenvalue weighted by Crippen LogP contribution is 2.22. The van der Waals surface area contributed by atoms with Gasteiger partial charge in [-0.3, -0.25) is 9.59 Å². The van der Waals surface area contributed by atoms with Crippen LogP contribution in [0, 0.1) is 5.92 Å². The lowest BCUT2D eigenvalue weighted by molar-refractivity contribution is -0.152. The van der Waals surface area contributed by atoms with Crippen molar-refractivity contribution in [2.24, 2.45) is 11.7 Å². The summed E-state index contributed by atoms with van der Waals surface area (Å²) in [5, 5.41) is 9.66. The number of carboxylic acid groups (broad SMARTS) is 1. The Hall–Kier alpha value is -2.41. The highest BCUT2D eigenvalue weighted by Gasteiger charge is 2.40. The van der Waals surface area contributed by atoms with Gasteiger partial charge in [0.25, 0.3) is 0 Å². The minimum atomic E-state index is -1.06. The number of likely N-dealkylation sites (tertiary alicyclic amines) is 1. The fraction of sp³-hybridized carbons (Fsp3) is 0.571. The van der Waals surface area contributed by atoms with E-state index in [9.17, 15) is 19.5 Å². The van der Waals surface area contributed by atoms with Crippen molar-refractivity contribution in [3.8, 4) is 0 Å². The number of carbonyl (C=O) groups is 3. The molecule has 0 radical (unpaired) electrons. The zero-order valence-electron chi connectivity index (χ0n) is 16.9. The quantitative estimate of drug-likeness (QED) is 0.701. The second-order valence-electron chi connectivity index (χ2n) is 7.92. The van der Waals surface area contributed by atoms with Crippen LogP contribution >= 0.6 is 0 Å². The standard InChI is InChI=1S/C21H31N3O4/c1-14(2)12-16(22)19(25)24-11-7-10-17(24)20(26)23(3)18(21(27)28)13-15-8-5-4-6-9-15/h4-6,8-9,14,16-18H,7,10-13,22H2,1-3H3,(H,27,28)/t16-,17-,18-/m0/s1. The third kappa shape index (κ3) is 5.32. The number of rotatable bonds is 8. The number of carboxylic acids is 1. The van der Waals surface area contributed by atoms with Crippen LogP contribution < -0.4 is 5.73 Å². The Morgan fingerprint density at radius 2 is 1.89 bits per heavy atom. The molecule has 7 heteroatoms. The van der Waals surface area contributed by atoms with E-state index >= 15 is 0 Å². The van der Waals surface area contributed by atoms with E-state index in [2.05, 4.69) is 0 Å². The summed E-state index contributed by atoms with van der Waals surface area (Å²) < 4.78 is 0. The molecule has 1 aromatic rings. The summed E-state index contributed by atoms with van der Waals surface area (Å²) >= 11 is 0. The minimum absolute atomic E-state index is 0.214. The molecule has 28 heavy (non-hydrogen) atoms. The first-order valence-electron chi connectivity index (χ1n) is 9.81. The molecule has 1 fully saturated rings. The van der Waals surface area contributed by atoms with E-state index < -0.39 is 24.1 Å². The molecule has 7 nitrogen and oxygen atoms in total. The van der Waals surface area contributed by atoms with Crippen molar-refractivity contribution in [2.45, 2.75) is 57.7 Å². The average Bonchev–Trinajstić information content (AvgIpc) is 3.14. The molecule has 1 saturated heterocycles. The zero-order valence-corrected chi connectivity index (χ0v) is 16.9. The zero-order chi connectivity index (χ0) is 20.8. The van der Waals surface area contributed by atoms with Crippen LogP contribution in [0.15, 0.2) is 30.3 Å². The molecule has 1 aliphatic heterocycles. The molecule has 2 rings (SSSR count). The maximum Gasteiger partial charge on any atom is 0.326 e. The summed E-state index contributed by atoms with van der Waals surface area (Å²) in [6, 6.07) is 6.93. The number of hydrogen-bond donors (Lipinski definition) is 2. The van der Waals surface area contributed by atoms with E-state index in [1.165, 1.54) is 16.8 Å². The molecule has 0 bridgehead atoms. The predicted octanol–water partition coefficient (Wildman–Crippen LogP) is 1.51. The van der Waals surface area contributed by atoms with E-state index in [0.717, 1.165) is 5.56 Å². The lowest BCUT2D eigenvalue weighted by atomic mass is 10.0. The molecule has 0 saturated carbocycles. The van der Waals surface area contributed by atoms with Crippen molar-refractivity contribution in [3.63, 3.8) is 0 Å². The Labute approximate surface area is 166 Å². The van der Waals surface area contributed by atoms with Gasteiger partial charge >= 0.3 is 5.97 Å². The molecule has 154 valence electrons. The summed E-state index contributed by atoms with van der Waals surface area (Å²) in [7, 11) is 1.50. The largest absolute Gasteiger partial charge is 0.480 e. The van der Waals surface area contributed by atoms with Gasteiger partial charge in [0.05, 0.1) is 6.04 Å². The van der Waals surface area contributed by atoms with Gasteiger partial charge in [-0.1, -0.05) is 44.2 Å². The second kappa shape index (κ2) is 9.68. The summed E-state index contributed by atoms with van der Waals surface area (Å²) in [6.07, 6.45) is 2.01. The van der Waals surface area contributed by atoms with Gasteiger partial charge in [0, 0.05) is 20.0 Å². The highest BCUT2D eigenvalue weighted by atomic mass is 16.4. The highest BCUT2D eigenvalue weighted by molar-refractivity contribution is 5.92. The van der Waals surface area contributed by atoms with E-state index in [0.29, 0.717) is 25.8 Å². The fourth-order valence-electron chi connectivity index (χ4n) is 3.72. The van der Waals surface area contributed by atoms with Gasteiger partial charge in [-0.05, 0) is 30.7 Å². The van der Waals surface area contributed by atoms with Crippen LogP contribution in [0.25, 0.3) is 0 Å². The molecule has 3 atom stereocenters. The first-order valence-corrected chi connectivity index (χ1v) is 9.81. The molecule has 0 unspecified atom stereocenters. The van der Waals surface area contributed by atoms with Crippen LogP contribution in [0.2, 0.25) is 0 Å². The van der Waals surface area contributed by atoms with Crippen LogP contribution in [0.4, 0.5) is 0 Å². The molecule has 1 aromatic carbocycles. The van der Waals surface area contributed by atoms with Gasteiger partial charge in [-0.2, -0.15) is 0 Å². The van der Waals surface area contributed by atoms with Crippen LogP contribution in [-0.2, 0) is 20.8 Å². The van der Waals surface area contributed by atoms with Crippen LogP contribution in [0.5, 0.6) is 0 Å². The molecular formula is C21H31N3O4. The summed E-state index contributed by atoms with van der Waals surface area (Å²) in [5.41, 5.74) is 6.88.